The van der Waals surface area contributed by atoms with Gasteiger partial charge < -0.3 is 10.4 Å². The minimum Gasteiger partial charge on any atom is -0.394 e. The number of nitrogens with one attached hydrogen (secondary N) is 2. The molecule has 3 N–H and O–H groups in total. The number of anilines is 1. The molecule has 0 fully saturated rings. The number of aliphatic hydroxyl groups excluding tert-OH is 1. The van der Waals surface area contributed by atoms with Gasteiger partial charge in [-0.1, -0.05) is 30.3 Å². The Morgan fingerprint density at radius 1 is 1.09 bits per heavy atom. The minimum absolute atomic E-state index is 0.0565. The van der Waals surface area contributed by atoms with Crippen LogP contribution in [0.3, 0.4) is 0 Å². The van der Waals surface area contributed by atoms with E-state index in [-0.39, 0.29) is 17.4 Å². The monoisotopic (exact) mass is 334 g/mol. The van der Waals surface area contributed by atoms with Crippen LogP contribution in [0, 0.1) is 0 Å². The van der Waals surface area contributed by atoms with Gasteiger partial charge in [-0.15, -0.1) is 0 Å². The first kappa shape index (κ1) is 17.1. The Morgan fingerprint density at radius 2 is 1.70 bits per heavy atom. The molecule has 0 unspecified atom stereocenters. The second-order valence-corrected chi connectivity index (χ2v) is 6.69. The average molecular weight is 334 g/mol. The van der Waals surface area contributed by atoms with Gasteiger partial charge in [0.15, 0.2) is 0 Å². The number of hydrogen-bond donors (Lipinski definition) is 3. The van der Waals surface area contributed by atoms with Crippen LogP contribution >= 0.6 is 0 Å². The normalized spacial score (nSPS) is 12.6. The summed E-state index contributed by atoms with van der Waals surface area (Å²) in [5, 5.41) is 12.0. The van der Waals surface area contributed by atoms with Crippen LogP contribution in [-0.2, 0) is 14.8 Å². The minimum atomic E-state index is -3.79. The van der Waals surface area contributed by atoms with E-state index >= 15 is 0 Å². The van der Waals surface area contributed by atoms with Crippen LogP contribution in [0.15, 0.2) is 59.5 Å². The van der Waals surface area contributed by atoms with Crippen LogP contribution < -0.4 is 10.0 Å². The number of carbonyl (C=O) groups is 1. The third kappa shape index (κ3) is 4.62. The SMILES string of the molecule is CC(=O)Nc1ccc(S(=O)(=O)N[C@@H](CO)c2ccccc2)cc1. The lowest BCUT2D eigenvalue weighted by atomic mass is 10.1. The number of carbonyl (C=O) groups excluding carboxylic acids is 1. The molecule has 0 radical (unpaired) electrons. The van der Waals surface area contributed by atoms with Crippen molar-refractivity contribution in [3.05, 3.63) is 60.2 Å². The average Bonchev–Trinajstić information content (AvgIpc) is 2.53. The van der Waals surface area contributed by atoms with Gasteiger partial charge in [-0.2, -0.15) is 0 Å². The van der Waals surface area contributed by atoms with Crippen LogP contribution in [0.25, 0.3) is 0 Å². The van der Waals surface area contributed by atoms with E-state index in [0.717, 1.165) is 0 Å². The Bertz CT molecular complexity index is 758. The summed E-state index contributed by atoms with van der Waals surface area (Å²) >= 11 is 0. The zero-order chi connectivity index (χ0) is 16.9. The van der Waals surface area contributed by atoms with Crippen molar-refractivity contribution < 1.29 is 18.3 Å². The molecule has 6 nitrogen and oxygen atoms in total. The summed E-state index contributed by atoms with van der Waals surface area (Å²) in [7, 11) is -3.79. The quantitative estimate of drug-likeness (QED) is 0.748. The molecule has 0 aliphatic heterocycles. The van der Waals surface area contributed by atoms with Gasteiger partial charge in [0.25, 0.3) is 0 Å². The Labute approximate surface area is 135 Å². The molecule has 7 heteroatoms. The number of benzene rings is 2. The summed E-state index contributed by atoms with van der Waals surface area (Å²) in [6.07, 6.45) is 0. The summed E-state index contributed by atoms with van der Waals surface area (Å²) in [5.74, 6) is -0.233. The maximum Gasteiger partial charge on any atom is 0.241 e. The topological polar surface area (TPSA) is 95.5 Å². The van der Waals surface area contributed by atoms with Crippen LogP contribution in [0.5, 0.6) is 0 Å². The molecular weight excluding hydrogens is 316 g/mol. The highest BCUT2D eigenvalue weighted by molar-refractivity contribution is 7.89. The Hall–Kier alpha value is -2.22. The van der Waals surface area contributed by atoms with Gasteiger partial charge >= 0.3 is 0 Å². The van der Waals surface area contributed by atoms with E-state index in [1.807, 2.05) is 6.07 Å². The molecule has 0 aliphatic carbocycles. The lowest BCUT2D eigenvalue weighted by molar-refractivity contribution is -0.114. The smallest absolute Gasteiger partial charge is 0.241 e. The Morgan fingerprint density at radius 3 is 2.22 bits per heavy atom. The zero-order valence-electron chi connectivity index (χ0n) is 12.6. The predicted molar refractivity (Wildman–Crippen MR) is 87.3 cm³/mol. The Balaban J connectivity index is 2.19. The predicted octanol–water partition coefficient (Wildman–Crippen LogP) is 1.66. The molecule has 1 amide bonds. The number of hydrogen-bond acceptors (Lipinski definition) is 4. The third-order valence-electron chi connectivity index (χ3n) is 3.17. The Kier molecular flexibility index (Phi) is 5.49. The summed E-state index contributed by atoms with van der Waals surface area (Å²) in [4.78, 5) is 11.0. The van der Waals surface area contributed by atoms with Crippen molar-refractivity contribution in [3.8, 4) is 0 Å². The fourth-order valence-electron chi connectivity index (χ4n) is 2.07. The lowest BCUT2D eigenvalue weighted by Crippen LogP contribution is -2.30. The molecule has 1 atom stereocenters. The molecule has 2 rings (SSSR count). The highest BCUT2D eigenvalue weighted by atomic mass is 32.2. The van der Waals surface area contributed by atoms with Crippen molar-refractivity contribution >= 4 is 21.6 Å². The first-order chi connectivity index (χ1) is 10.9. The molecule has 122 valence electrons. The molecule has 23 heavy (non-hydrogen) atoms. The number of rotatable bonds is 6. The molecule has 0 spiro atoms. The van der Waals surface area contributed by atoms with Crippen LogP contribution in [-0.4, -0.2) is 26.0 Å². The maximum absolute atomic E-state index is 12.4. The maximum atomic E-state index is 12.4. The third-order valence-corrected chi connectivity index (χ3v) is 4.65. The van der Waals surface area contributed by atoms with Gasteiger partial charge in [-0.3, -0.25) is 4.79 Å². The summed E-state index contributed by atoms with van der Waals surface area (Å²) in [6, 6.07) is 13.9. The van der Waals surface area contributed by atoms with E-state index < -0.39 is 16.1 Å². The molecule has 2 aromatic rings. The van der Waals surface area contributed by atoms with Gasteiger partial charge in [-0.05, 0) is 29.8 Å². The van der Waals surface area contributed by atoms with Gasteiger partial charge in [0, 0.05) is 12.6 Å². The highest BCUT2D eigenvalue weighted by Gasteiger charge is 2.20. The number of sulfonamides is 1. The first-order valence-corrected chi connectivity index (χ1v) is 8.46. The van der Waals surface area contributed by atoms with Crippen molar-refractivity contribution in [2.75, 3.05) is 11.9 Å². The zero-order valence-corrected chi connectivity index (χ0v) is 13.4. The fraction of sp³-hybridized carbons (Fsp3) is 0.188. The van der Waals surface area contributed by atoms with E-state index in [0.29, 0.717) is 11.3 Å². The second-order valence-electron chi connectivity index (χ2n) is 4.97. The molecule has 0 heterocycles. The molecule has 0 aromatic heterocycles. The van der Waals surface area contributed by atoms with E-state index in [1.54, 1.807) is 24.3 Å². The lowest BCUT2D eigenvalue weighted by Gasteiger charge is -2.17. The van der Waals surface area contributed by atoms with Crippen molar-refractivity contribution in [1.29, 1.82) is 0 Å². The molecular formula is C16H18N2O4S. The summed E-state index contributed by atoms with van der Waals surface area (Å²) in [6.45, 7) is 1.02. The van der Waals surface area contributed by atoms with Crippen LogP contribution in [0.1, 0.15) is 18.5 Å². The van der Waals surface area contributed by atoms with Crippen LogP contribution in [0.4, 0.5) is 5.69 Å². The van der Waals surface area contributed by atoms with E-state index in [1.165, 1.54) is 31.2 Å². The largest absolute Gasteiger partial charge is 0.394 e. The second kappa shape index (κ2) is 7.36. The molecule has 0 saturated heterocycles. The van der Waals surface area contributed by atoms with E-state index in [4.69, 9.17) is 0 Å². The molecule has 2 aromatic carbocycles. The number of amides is 1. The molecule has 0 saturated carbocycles. The van der Waals surface area contributed by atoms with Gasteiger partial charge in [-0.25, -0.2) is 13.1 Å². The van der Waals surface area contributed by atoms with E-state index in [2.05, 4.69) is 10.0 Å². The van der Waals surface area contributed by atoms with Crippen molar-refractivity contribution in [1.82, 2.24) is 4.72 Å². The number of aliphatic hydroxyl groups is 1. The van der Waals surface area contributed by atoms with E-state index in [9.17, 15) is 18.3 Å². The van der Waals surface area contributed by atoms with Crippen molar-refractivity contribution in [2.24, 2.45) is 0 Å². The van der Waals surface area contributed by atoms with Crippen molar-refractivity contribution in [3.63, 3.8) is 0 Å². The summed E-state index contributed by atoms with van der Waals surface area (Å²) in [5.41, 5.74) is 1.19. The van der Waals surface area contributed by atoms with Gasteiger partial charge in [0.05, 0.1) is 17.5 Å². The van der Waals surface area contributed by atoms with Crippen LogP contribution in [0.2, 0.25) is 0 Å². The standard InChI is InChI=1S/C16H18N2O4S/c1-12(20)17-14-7-9-15(10-8-14)23(21,22)18-16(11-19)13-5-3-2-4-6-13/h2-10,16,18-19H,11H2,1H3,(H,17,20)/t16-/m0/s1. The molecule has 0 bridgehead atoms. The summed E-state index contributed by atoms with van der Waals surface area (Å²) < 4.78 is 27.3. The van der Waals surface area contributed by atoms with Gasteiger partial charge in [0.1, 0.15) is 0 Å². The fourth-order valence-corrected chi connectivity index (χ4v) is 3.29. The van der Waals surface area contributed by atoms with Crippen molar-refractivity contribution in [2.45, 2.75) is 17.9 Å². The molecule has 0 aliphatic rings. The van der Waals surface area contributed by atoms with Gasteiger partial charge in [0.2, 0.25) is 15.9 Å². The highest BCUT2D eigenvalue weighted by Crippen LogP contribution is 2.18. The first-order valence-electron chi connectivity index (χ1n) is 6.98.